The van der Waals surface area contributed by atoms with Gasteiger partial charge >= 0.3 is 5.97 Å². The minimum absolute atomic E-state index is 0. The Morgan fingerprint density at radius 2 is 1.90 bits per heavy atom. The highest BCUT2D eigenvalue weighted by molar-refractivity contribution is 5.81. The number of unbranched alkanes of at least 4 members (excludes halogenated alkanes) is 1. The molecule has 0 saturated carbocycles. The lowest BCUT2D eigenvalue weighted by Crippen LogP contribution is -3.00. The van der Waals surface area contributed by atoms with Gasteiger partial charge in [0, 0.05) is 11.6 Å². The number of rotatable bonds is 8. The van der Waals surface area contributed by atoms with Gasteiger partial charge in [0.2, 0.25) is 0 Å². The summed E-state index contributed by atoms with van der Waals surface area (Å²) in [5, 5.41) is 0. The maximum absolute atomic E-state index is 10.9. The summed E-state index contributed by atoms with van der Waals surface area (Å²) in [4.78, 5) is 10.9. The normalized spacial score (nSPS) is 10.5. The molecule has 20 heavy (non-hydrogen) atoms. The van der Waals surface area contributed by atoms with Crippen molar-refractivity contribution < 1.29 is 31.0 Å². The molecule has 0 atom stereocenters. The van der Waals surface area contributed by atoms with Gasteiger partial charge in [-0.2, -0.15) is 0 Å². The number of halogens is 1. The van der Waals surface area contributed by atoms with Crippen LogP contribution in [-0.2, 0) is 16.1 Å². The van der Waals surface area contributed by atoms with Gasteiger partial charge in [0.15, 0.2) is 0 Å². The van der Waals surface area contributed by atoms with Gasteiger partial charge in [-0.1, -0.05) is 36.9 Å². The van der Waals surface area contributed by atoms with Crippen molar-refractivity contribution in [2.75, 3.05) is 27.2 Å². The maximum Gasteiger partial charge on any atom is 0.330 e. The summed E-state index contributed by atoms with van der Waals surface area (Å²) in [6.45, 7) is 5.94. The quantitative estimate of drug-likeness (QED) is 0.283. The molecule has 0 aromatic heterocycles. The number of nitrogens with zero attached hydrogens (tertiary/aromatic N) is 1. The van der Waals surface area contributed by atoms with E-state index in [4.69, 9.17) is 4.74 Å². The Hall–Kier alpha value is -1.13. The zero-order valence-electron chi connectivity index (χ0n) is 12.3. The first-order valence-electron chi connectivity index (χ1n) is 6.68. The van der Waals surface area contributed by atoms with Gasteiger partial charge in [0.25, 0.3) is 0 Å². The van der Waals surface area contributed by atoms with E-state index in [2.05, 4.69) is 44.9 Å². The Morgan fingerprint density at radius 3 is 2.50 bits per heavy atom. The van der Waals surface area contributed by atoms with Gasteiger partial charge < -0.3 is 26.2 Å². The van der Waals surface area contributed by atoms with Crippen LogP contribution in [-0.4, -0.2) is 37.7 Å². The van der Waals surface area contributed by atoms with E-state index in [0.717, 1.165) is 30.4 Å². The Kier molecular flexibility index (Phi) is 9.17. The van der Waals surface area contributed by atoms with Crippen molar-refractivity contribution in [3.63, 3.8) is 0 Å². The third kappa shape index (κ3) is 8.12. The predicted molar refractivity (Wildman–Crippen MR) is 77.5 cm³/mol. The summed E-state index contributed by atoms with van der Waals surface area (Å²) >= 11 is 0. The molecular formula is C16H24BrNO2. The molecule has 0 aliphatic carbocycles. The molecule has 0 heterocycles. The summed E-state index contributed by atoms with van der Waals surface area (Å²) in [5.74, 6) is -0.335. The predicted octanol–water partition coefficient (Wildman–Crippen LogP) is -0.224. The number of benzene rings is 1. The highest BCUT2D eigenvalue weighted by atomic mass is 79.9. The first-order valence-corrected chi connectivity index (χ1v) is 6.68. The third-order valence-corrected chi connectivity index (χ3v) is 3.02. The van der Waals surface area contributed by atoms with Gasteiger partial charge in [-0.3, -0.25) is 0 Å². The van der Waals surface area contributed by atoms with E-state index in [1.54, 1.807) is 0 Å². The van der Waals surface area contributed by atoms with Crippen LogP contribution in [0.2, 0.25) is 0 Å². The lowest BCUT2D eigenvalue weighted by Gasteiger charge is -2.30. The minimum Gasteiger partial charge on any atom is -1.00 e. The van der Waals surface area contributed by atoms with Crippen molar-refractivity contribution >= 4 is 5.97 Å². The highest BCUT2D eigenvalue weighted by Gasteiger charge is 2.15. The molecule has 0 saturated heterocycles. The second-order valence-electron chi connectivity index (χ2n) is 5.38. The van der Waals surface area contributed by atoms with Crippen molar-refractivity contribution in [2.24, 2.45) is 0 Å². The Bertz CT molecular complexity index is 404. The smallest absolute Gasteiger partial charge is 0.330 e. The maximum atomic E-state index is 10.9. The molecule has 1 rings (SSSR count). The Labute approximate surface area is 132 Å². The zero-order chi connectivity index (χ0) is 14.1. The number of esters is 1. The molecule has 4 heteroatoms. The highest BCUT2D eigenvalue weighted by Crippen LogP contribution is 2.10. The molecule has 1 aromatic carbocycles. The Balaban J connectivity index is 0.00000361. The molecule has 0 unspecified atom stereocenters. The van der Waals surface area contributed by atoms with Crippen LogP contribution >= 0.6 is 0 Å². The molecule has 0 spiro atoms. The van der Waals surface area contributed by atoms with Crippen LogP contribution in [0.1, 0.15) is 18.4 Å². The number of carbonyl (C=O) groups is 1. The van der Waals surface area contributed by atoms with Gasteiger partial charge in [-0.05, 0) is 12.8 Å². The fourth-order valence-electron chi connectivity index (χ4n) is 2.03. The first-order chi connectivity index (χ1) is 9.03. The van der Waals surface area contributed by atoms with Crippen LogP contribution in [0.5, 0.6) is 0 Å². The van der Waals surface area contributed by atoms with Crippen molar-refractivity contribution in [1.29, 1.82) is 0 Å². The summed E-state index contributed by atoms with van der Waals surface area (Å²) < 4.78 is 5.90. The van der Waals surface area contributed by atoms with Gasteiger partial charge in [0.05, 0.1) is 27.2 Å². The summed E-state index contributed by atoms with van der Waals surface area (Å²) in [7, 11) is 4.45. The van der Waals surface area contributed by atoms with Crippen LogP contribution < -0.4 is 17.0 Å². The van der Waals surface area contributed by atoms with Crippen molar-refractivity contribution in [3.8, 4) is 0 Å². The second-order valence-corrected chi connectivity index (χ2v) is 5.38. The summed E-state index contributed by atoms with van der Waals surface area (Å²) in [6, 6.07) is 10.5. The van der Waals surface area contributed by atoms with E-state index >= 15 is 0 Å². The number of ether oxygens (including phenoxy) is 1. The monoisotopic (exact) mass is 341 g/mol. The SMILES string of the molecule is C=CC(=O)OCCCC[N+](C)(C)Cc1ccccc1.[Br-]. The lowest BCUT2D eigenvalue weighted by molar-refractivity contribution is -0.903. The third-order valence-electron chi connectivity index (χ3n) is 3.02. The van der Waals surface area contributed by atoms with Gasteiger partial charge in [0.1, 0.15) is 6.54 Å². The van der Waals surface area contributed by atoms with E-state index in [1.165, 1.54) is 11.6 Å². The Morgan fingerprint density at radius 1 is 1.25 bits per heavy atom. The van der Waals surface area contributed by atoms with Crippen molar-refractivity contribution in [1.82, 2.24) is 0 Å². The van der Waals surface area contributed by atoms with Crippen molar-refractivity contribution in [2.45, 2.75) is 19.4 Å². The standard InChI is InChI=1S/C16H24NO2.BrH/c1-4-16(18)19-13-9-8-12-17(2,3)14-15-10-6-5-7-11-15;/h4-7,10-11H,1,8-9,12-14H2,2-3H3;1H/q+1;/p-1. The van der Waals surface area contributed by atoms with Crippen LogP contribution in [0.15, 0.2) is 43.0 Å². The number of hydrogen-bond acceptors (Lipinski definition) is 2. The summed E-state index contributed by atoms with van der Waals surface area (Å²) in [5.41, 5.74) is 1.35. The van der Waals surface area contributed by atoms with E-state index in [-0.39, 0.29) is 23.0 Å². The van der Waals surface area contributed by atoms with Gasteiger partial charge in [-0.15, -0.1) is 0 Å². The molecule has 1 aromatic rings. The van der Waals surface area contributed by atoms with Gasteiger partial charge in [-0.25, -0.2) is 4.79 Å². The fraction of sp³-hybridized carbons (Fsp3) is 0.438. The first kappa shape index (κ1) is 18.9. The molecule has 0 bridgehead atoms. The minimum atomic E-state index is -0.335. The molecule has 0 N–H and O–H groups in total. The van der Waals surface area contributed by atoms with Crippen LogP contribution in [0.25, 0.3) is 0 Å². The van der Waals surface area contributed by atoms with E-state index in [0.29, 0.717) is 6.61 Å². The molecule has 0 aliphatic heterocycles. The molecular weight excluding hydrogens is 318 g/mol. The lowest BCUT2D eigenvalue weighted by atomic mass is 10.2. The van der Waals surface area contributed by atoms with Crippen LogP contribution in [0.4, 0.5) is 0 Å². The molecule has 0 amide bonds. The van der Waals surface area contributed by atoms with E-state index < -0.39 is 0 Å². The molecule has 0 radical (unpaired) electrons. The average Bonchev–Trinajstić information content (AvgIpc) is 2.38. The fourth-order valence-corrected chi connectivity index (χ4v) is 2.03. The van der Waals surface area contributed by atoms with Crippen molar-refractivity contribution in [3.05, 3.63) is 48.6 Å². The number of carbonyl (C=O) groups excluding carboxylic acids is 1. The number of hydrogen-bond donors (Lipinski definition) is 0. The number of quaternary nitrogens is 1. The summed E-state index contributed by atoms with van der Waals surface area (Å²) in [6.07, 6.45) is 3.15. The topological polar surface area (TPSA) is 26.3 Å². The zero-order valence-corrected chi connectivity index (χ0v) is 13.9. The molecule has 0 aliphatic rings. The molecule has 112 valence electrons. The second kappa shape index (κ2) is 9.72. The van der Waals surface area contributed by atoms with Crippen LogP contribution in [0.3, 0.4) is 0 Å². The van der Waals surface area contributed by atoms with Crippen LogP contribution in [0, 0.1) is 0 Å². The molecule has 3 nitrogen and oxygen atoms in total. The largest absolute Gasteiger partial charge is 1.00 e. The molecule has 0 fully saturated rings. The van der Waals surface area contributed by atoms with E-state index in [9.17, 15) is 4.79 Å². The van der Waals surface area contributed by atoms with E-state index in [1.807, 2.05) is 6.07 Å². The average molecular weight is 342 g/mol.